The Morgan fingerprint density at radius 1 is 1.07 bits per heavy atom. The van der Waals surface area contributed by atoms with Crippen molar-refractivity contribution in [3.63, 3.8) is 0 Å². The molecule has 1 heterocycles. The third-order valence-electron chi connectivity index (χ3n) is 3.94. The van der Waals surface area contributed by atoms with Crippen LogP contribution < -0.4 is 11.1 Å². The van der Waals surface area contributed by atoms with Gasteiger partial charge in [-0.25, -0.2) is 8.42 Å². The molecular weight excluding hydrogens is 390 g/mol. The van der Waals surface area contributed by atoms with Crippen LogP contribution in [0.15, 0.2) is 64.5 Å². The van der Waals surface area contributed by atoms with E-state index in [0.29, 0.717) is 15.9 Å². The van der Waals surface area contributed by atoms with Gasteiger partial charge in [0.2, 0.25) is 21.7 Å². The van der Waals surface area contributed by atoms with Crippen LogP contribution in [-0.4, -0.2) is 31.3 Å². The number of amides is 2. The van der Waals surface area contributed by atoms with Crippen LogP contribution in [0.3, 0.4) is 0 Å². The van der Waals surface area contributed by atoms with E-state index in [1.807, 2.05) is 0 Å². The van der Waals surface area contributed by atoms with Gasteiger partial charge in [0.15, 0.2) is 0 Å². The monoisotopic (exact) mass is 405 g/mol. The molecule has 0 atom stereocenters. The number of sulfone groups is 1. The van der Waals surface area contributed by atoms with Gasteiger partial charge in [0.25, 0.3) is 0 Å². The van der Waals surface area contributed by atoms with Gasteiger partial charge in [0.1, 0.15) is 6.54 Å². The Balaban J connectivity index is 2.03. The number of rotatable bonds is 6. The summed E-state index contributed by atoms with van der Waals surface area (Å²) in [6.07, 6.45) is 1.42. The topological polar surface area (TPSA) is 111 Å². The second-order valence-corrected chi connectivity index (χ2v) is 8.19. The zero-order valence-electron chi connectivity index (χ0n) is 14.1. The highest BCUT2D eigenvalue weighted by Crippen LogP contribution is 2.30. The fourth-order valence-electron chi connectivity index (χ4n) is 2.70. The van der Waals surface area contributed by atoms with Crippen LogP contribution in [0.2, 0.25) is 5.02 Å². The lowest BCUT2D eigenvalue weighted by atomic mass is 10.2. The van der Waals surface area contributed by atoms with Crippen molar-refractivity contribution in [2.75, 3.05) is 6.54 Å². The van der Waals surface area contributed by atoms with Crippen molar-refractivity contribution in [1.29, 1.82) is 0 Å². The molecule has 3 N–H and O–H groups in total. The van der Waals surface area contributed by atoms with E-state index in [9.17, 15) is 18.0 Å². The van der Waals surface area contributed by atoms with E-state index in [-0.39, 0.29) is 22.9 Å². The summed E-state index contributed by atoms with van der Waals surface area (Å²) < 4.78 is 27.6. The Bertz CT molecular complexity index is 1120. The van der Waals surface area contributed by atoms with Crippen LogP contribution in [0.4, 0.5) is 0 Å². The van der Waals surface area contributed by atoms with E-state index >= 15 is 0 Å². The third-order valence-corrected chi connectivity index (χ3v) is 5.99. The van der Waals surface area contributed by atoms with Crippen molar-refractivity contribution < 1.29 is 18.0 Å². The third kappa shape index (κ3) is 3.96. The van der Waals surface area contributed by atoms with E-state index in [2.05, 4.69) is 5.32 Å². The zero-order chi connectivity index (χ0) is 19.6. The molecule has 2 amide bonds. The van der Waals surface area contributed by atoms with Crippen LogP contribution >= 0.6 is 11.6 Å². The minimum atomic E-state index is -3.81. The van der Waals surface area contributed by atoms with Gasteiger partial charge in [-0.2, -0.15) is 0 Å². The van der Waals surface area contributed by atoms with E-state index in [1.165, 1.54) is 35.0 Å². The summed E-state index contributed by atoms with van der Waals surface area (Å²) in [6.45, 7) is -0.433. The van der Waals surface area contributed by atoms with E-state index in [1.54, 1.807) is 24.3 Å². The first-order valence-corrected chi connectivity index (χ1v) is 9.78. The summed E-state index contributed by atoms with van der Waals surface area (Å²) in [6, 6.07) is 12.7. The molecule has 0 unspecified atom stereocenters. The summed E-state index contributed by atoms with van der Waals surface area (Å²) in [5.41, 5.74) is 5.59. The largest absolute Gasteiger partial charge is 0.368 e. The maximum atomic E-state index is 13.1. The average molecular weight is 406 g/mol. The van der Waals surface area contributed by atoms with Gasteiger partial charge in [-0.1, -0.05) is 29.8 Å². The van der Waals surface area contributed by atoms with Gasteiger partial charge in [-0.05, 0) is 30.3 Å². The molecular formula is C18H16ClN3O4S. The lowest BCUT2D eigenvalue weighted by Crippen LogP contribution is -2.35. The summed E-state index contributed by atoms with van der Waals surface area (Å²) in [5, 5.41) is 3.31. The van der Waals surface area contributed by atoms with Gasteiger partial charge in [-0.3, -0.25) is 9.59 Å². The van der Waals surface area contributed by atoms with Crippen LogP contribution in [0.5, 0.6) is 0 Å². The highest BCUT2D eigenvalue weighted by atomic mass is 35.5. The van der Waals surface area contributed by atoms with Crippen LogP contribution in [-0.2, 0) is 26.0 Å². The van der Waals surface area contributed by atoms with Gasteiger partial charge < -0.3 is 15.6 Å². The minimum absolute atomic E-state index is 0.0862. The molecule has 0 fully saturated rings. The normalized spacial score (nSPS) is 11.4. The maximum absolute atomic E-state index is 13.1. The van der Waals surface area contributed by atoms with Crippen molar-refractivity contribution >= 4 is 44.2 Å². The molecule has 7 nitrogen and oxygen atoms in total. The first kappa shape index (κ1) is 18.9. The number of nitrogens with two attached hydrogens (primary N) is 1. The Morgan fingerprint density at radius 2 is 1.74 bits per heavy atom. The molecule has 0 saturated carbocycles. The smallest absolute Gasteiger partial charge is 0.240 e. The number of benzene rings is 2. The number of nitrogens with zero attached hydrogens (tertiary/aromatic N) is 1. The molecule has 0 aliphatic heterocycles. The highest BCUT2D eigenvalue weighted by Gasteiger charge is 2.23. The molecule has 0 aliphatic carbocycles. The molecule has 0 spiro atoms. The second kappa shape index (κ2) is 7.42. The Kier molecular flexibility index (Phi) is 5.20. The first-order chi connectivity index (χ1) is 12.8. The standard InChI is InChI=1S/C18H16ClN3O4S/c19-12-5-7-13(8-6-12)27(25,26)16-10-22(11-18(24)21-9-17(20)23)15-4-2-1-3-14(15)16/h1-8,10H,9,11H2,(H2,20,23)(H,21,24). The number of carbonyl (C=O) groups excluding carboxylic acids is 2. The molecule has 27 heavy (non-hydrogen) atoms. The van der Waals surface area contributed by atoms with Gasteiger partial charge >= 0.3 is 0 Å². The van der Waals surface area contributed by atoms with Crippen LogP contribution in [0, 0.1) is 0 Å². The number of hydrogen-bond donors (Lipinski definition) is 2. The Labute approximate surface area is 160 Å². The van der Waals surface area contributed by atoms with E-state index in [4.69, 9.17) is 17.3 Å². The van der Waals surface area contributed by atoms with Crippen LogP contribution in [0.1, 0.15) is 0 Å². The number of para-hydroxylation sites is 1. The van der Waals surface area contributed by atoms with Crippen molar-refractivity contribution in [3.05, 3.63) is 59.8 Å². The number of hydrogen-bond acceptors (Lipinski definition) is 4. The minimum Gasteiger partial charge on any atom is -0.368 e. The molecule has 3 rings (SSSR count). The van der Waals surface area contributed by atoms with Crippen LogP contribution in [0.25, 0.3) is 10.9 Å². The van der Waals surface area contributed by atoms with Gasteiger partial charge in [0, 0.05) is 22.1 Å². The number of primary amides is 1. The first-order valence-electron chi connectivity index (χ1n) is 7.92. The molecule has 0 aliphatic rings. The SMILES string of the molecule is NC(=O)CNC(=O)Cn1cc(S(=O)(=O)c2ccc(Cl)cc2)c2ccccc21. The van der Waals surface area contributed by atoms with Gasteiger partial charge in [0.05, 0.1) is 16.3 Å². The molecule has 0 bridgehead atoms. The lowest BCUT2D eigenvalue weighted by Gasteiger charge is -2.05. The van der Waals surface area contributed by atoms with E-state index < -0.39 is 21.7 Å². The van der Waals surface area contributed by atoms with E-state index in [0.717, 1.165) is 0 Å². The van der Waals surface area contributed by atoms with Crippen molar-refractivity contribution in [2.45, 2.75) is 16.3 Å². The predicted octanol–water partition coefficient (Wildman–Crippen LogP) is 1.73. The fourth-order valence-corrected chi connectivity index (χ4v) is 4.30. The fraction of sp³-hybridized carbons (Fsp3) is 0.111. The molecule has 0 radical (unpaired) electrons. The number of halogens is 1. The summed E-state index contributed by atoms with van der Waals surface area (Å²) in [5.74, 6) is -1.11. The van der Waals surface area contributed by atoms with Crippen molar-refractivity contribution in [2.24, 2.45) is 5.73 Å². The quantitative estimate of drug-likeness (QED) is 0.650. The Hall–Kier alpha value is -2.84. The summed E-state index contributed by atoms with van der Waals surface area (Å²) in [7, 11) is -3.81. The summed E-state index contributed by atoms with van der Waals surface area (Å²) >= 11 is 5.84. The average Bonchev–Trinajstić information content (AvgIpc) is 3.00. The number of nitrogens with one attached hydrogen (secondary N) is 1. The molecule has 2 aromatic carbocycles. The summed E-state index contributed by atoms with van der Waals surface area (Å²) in [4.78, 5) is 23.0. The molecule has 3 aromatic rings. The van der Waals surface area contributed by atoms with Crippen molar-refractivity contribution in [3.8, 4) is 0 Å². The maximum Gasteiger partial charge on any atom is 0.240 e. The zero-order valence-corrected chi connectivity index (χ0v) is 15.6. The highest BCUT2D eigenvalue weighted by molar-refractivity contribution is 7.91. The van der Waals surface area contributed by atoms with Crippen molar-refractivity contribution in [1.82, 2.24) is 9.88 Å². The molecule has 1 aromatic heterocycles. The lowest BCUT2D eigenvalue weighted by molar-refractivity contribution is -0.125. The molecule has 140 valence electrons. The Morgan fingerprint density at radius 3 is 2.41 bits per heavy atom. The number of carbonyl (C=O) groups is 2. The number of aromatic nitrogens is 1. The molecule has 0 saturated heterocycles. The predicted molar refractivity (Wildman–Crippen MR) is 101 cm³/mol. The number of fused-ring (bicyclic) bond motifs is 1. The van der Waals surface area contributed by atoms with Gasteiger partial charge in [-0.15, -0.1) is 0 Å². The second-order valence-electron chi connectivity index (χ2n) is 5.84. The molecule has 9 heteroatoms.